The van der Waals surface area contributed by atoms with E-state index in [1.54, 1.807) is 19.1 Å². The van der Waals surface area contributed by atoms with E-state index < -0.39 is 42.1 Å². The normalized spacial score (nSPS) is 20.1. The lowest BCUT2D eigenvalue weighted by atomic mass is 9.84. The van der Waals surface area contributed by atoms with Crippen LogP contribution in [0.5, 0.6) is 0 Å². The molecule has 1 N–H and O–H groups in total. The average molecular weight is 1320 g/mol. The summed E-state index contributed by atoms with van der Waals surface area (Å²) in [5.74, 6) is 0.307. The molecular formula is C81H94N4O12. The van der Waals surface area contributed by atoms with Gasteiger partial charge in [-0.3, -0.25) is 29.0 Å². The summed E-state index contributed by atoms with van der Waals surface area (Å²) >= 11 is 0. The molecule has 510 valence electrons. The quantitative estimate of drug-likeness (QED) is 0.0233. The molecule has 2 amide bonds. The molecule has 1 spiro atoms. The fourth-order valence-corrected chi connectivity index (χ4v) is 15.0. The molecule has 0 aromatic heterocycles. The highest BCUT2D eigenvalue weighted by molar-refractivity contribution is 6.02. The molecule has 3 aliphatic heterocycles. The zero-order valence-electron chi connectivity index (χ0n) is 55.7. The van der Waals surface area contributed by atoms with Crippen molar-refractivity contribution in [1.82, 2.24) is 9.80 Å². The van der Waals surface area contributed by atoms with Crippen LogP contribution in [-0.2, 0) is 43.0 Å². The molecule has 4 fully saturated rings. The number of oxime groups is 2. The highest BCUT2D eigenvalue weighted by atomic mass is 16.7. The number of Topliss-reactive ketones (excluding diaryl/α,β-unsaturated/α-hetero) is 4. The third-order valence-electron chi connectivity index (χ3n) is 20.1. The zero-order valence-corrected chi connectivity index (χ0v) is 55.7. The molecule has 2 saturated carbocycles. The number of nitrogens with zero attached hydrogens (tertiary/aromatic N) is 4. The average Bonchev–Trinajstić information content (AvgIpc) is 1.61. The number of carbonyl (C=O) groups is 6. The summed E-state index contributed by atoms with van der Waals surface area (Å²) in [6, 6.07) is 50.7. The molecule has 6 aromatic carbocycles. The number of ether oxygens (including phenoxy) is 4. The Kier molecular flexibility index (Phi) is 24.1. The number of likely N-dealkylation sites (tertiary alicyclic amines) is 2. The third kappa shape index (κ3) is 16.9. The lowest BCUT2D eigenvalue weighted by Gasteiger charge is -2.28. The number of hydrogen-bond donors (Lipinski definition) is 1. The summed E-state index contributed by atoms with van der Waals surface area (Å²) in [6.07, 6.45) is 9.14. The molecule has 97 heavy (non-hydrogen) atoms. The van der Waals surface area contributed by atoms with E-state index in [1.807, 2.05) is 109 Å². The van der Waals surface area contributed by atoms with Crippen molar-refractivity contribution in [3.63, 3.8) is 0 Å². The molecule has 16 heteroatoms. The molecule has 6 aromatic rings. The number of hydrogen-bond acceptors (Lipinski definition) is 14. The first-order valence-electron chi connectivity index (χ1n) is 34.3. The van der Waals surface area contributed by atoms with Gasteiger partial charge >= 0.3 is 12.2 Å². The molecule has 2 unspecified atom stereocenters. The predicted octanol–water partition coefficient (Wildman–Crippen LogP) is 15.8. The maximum Gasteiger partial charge on any atom is 0.410 e. The third-order valence-corrected chi connectivity index (χ3v) is 20.1. The Morgan fingerprint density at radius 3 is 1.46 bits per heavy atom. The molecule has 2 saturated heterocycles. The van der Waals surface area contributed by atoms with Crippen molar-refractivity contribution >= 4 is 47.2 Å². The fraction of sp³-hybridized carbons (Fsp3) is 0.432. The van der Waals surface area contributed by atoms with Crippen molar-refractivity contribution in [3.05, 3.63) is 203 Å². The van der Waals surface area contributed by atoms with Gasteiger partial charge in [-0.05, 0) is 124 Å². The van der Waals surface area contributed by atoms with E-state index in [-0.39, 0.29) is 86.8 Å². The second-order valence-electron chi connectivity index (χ2n) is 27.0. The van der Waals surface area contributed by atoms with Gasteiger partial charge in [0, 0.05) is 71.1 Å². The topological polar surface area (TPSA) is 200 Å². The van der Waals surface area contributed by atoms with Crippen LogP contribution < -0.4 is 0 Å². The largest absolute Gasteiger partial charge is 0.448 e. The molecule has 0 bridgehead atoms. The van der Waals surface area contributed by atoms with Gasteiger partial charge in [0.1, 0.15) is 25.4 Å². The number of amides is 2. The molecule has 7 atom stereocenters. The molecule has 16 nitrogen and oxygen atoms in total. The summed E-state index contributed by atoms with van der Waals surface area (Å²) in [4.78, 5) is 90.6. The lowest BCUT2D eigenvalue weighted by Crippen LogP contribution is -2.43. The minimum atomic E-state index is -0.834. The van der Waals surface area contributed by atoms with Crippen LogP contribution in [0.2, 0.25) is 0 Å². The number of benzene rings is 6. The summed E-state index contributed by atoms with van der Waals surface area (Å²) in [6.45, 7) is 9.03. The number of ketones is 4. The Bertz CT molecular complexity index is 3720. The lowest BCUT2D eigenvalue weighted by molar-refractivity contribution is -0.136. The van der Waals surface area contributed by atoms with Crippen molar-refractivity contribution < 1.29 is 57.8 Å². The monoisotopic (exact) mass is 1310 g/mol. The first-order chi connectivity index (χ1) is 46.7. The van der Waals surface area contributed by atoms with Crippen molar-refractivity contribution in [2.24, 2.45) is 34.0 Å². The number of rotatable bonds is 26. The van der Waals surface area contributed by atoms with Gasteiger partial charge in [-0.1, -0.05) is 214 Å². The van der Waals surface area contributed by atoms with E-state index in [0.29, 0.717) is 56.9 Å². The Hall–Kier alpha value is -8.86. The van der Waals surface area contributed by atoms with Crippen LogP contribution in [0, 0.1) is 23.7 Å². The predicted molar refractivity (Wildman–Crippen MR) is 376 cm³/mol. The summed E-state index contributed by atoms with van der Waals surface area (Å²) in [5, 5.41) is 15.4. The van der Waals surface area contributed by atoms with Gasteiger partial charge in [-0.25, -0.2) is 9.59 Å². The van der Waals surface area contributed by atoms with Crippen LogP contribution in [0.25, 0.3) is 22.3 Å². The summed E-state index contributed by atoms with van der Waals surface area (Å²) < 4.78 is 23.4. The van der Waals surface area contributed by atoms with Gasteiger partial charge in [0.25, 0.3) is 0 Å². The highest BCUT2D eigenvalue weighted by Gasteiger charge is 2.55. The van der Waals surface area contributed by atoms with Gasteiger partial charge in [0.2, 0.25) is 0 Å². The first-order valence-corrected chi connectivity index (χ1v) is 34.3. The van der Waals surface area contributed by atoms with Gasteiger partial charge < -0.3 is 29.0 Å². The van der Waals surface area contributed by atoms with Crippen LogP contribution in [0.15, 0.2) is 180 Å². The molecular weight excluding hydrogens is 1220 g/mol. The standard InChI is InChI=1S/C40H44N2O6.C33H39NO5.C7H7NO.CH4/c1-3-11-28(38(46-2)37(44)20-26-18-19-26)21-36(43)35-23-40(22-34(41-48-40)27-12-5-4-6-13-27)25-42(35)39(45)47-24-33-31-16-9-7-14-29(31)30-15-8-10-17-32(30)33;1-4-9-23(32(38-3)31(36)17-22-14-15-22)18-30(35)29-16-21(2)19-34(29)33(37)39-20-28-26-12-7-5-10-24(26)25-11-6-8-13-27(25)28;9-8-6-7-4-2-1-3-5-7;/h4-10,12-17,26,28,33,35,38H,3,11,18-25H2,1-2H3;5-8,10-13,22-23,28-29,32H,2,4,9,14-20H2,1,3H3;1-6,9H;1H4/b;;8-6-;/t28-,35+,38?,40-;23-,29+,32?;;/m11../s1. The second-order valence-corrected chi connectivity index (χ2v) is 27.0. The summed E-state index contributed by atoms with van der Waals surface area (Å²) in [7, 11) is 3.12. The van der Waals surface area contributed by atoms with E-state index in [4.69, 9.17) is 29.0 Å². The molecule has 7 aliphatic rings. The van der Waals surface area contributed by atoms with Crippen LogP contribution in [0.1, 0.15) is 163 Å². The van der Waals surface area contributed by atoms with Crippen LogP contribution in [0.4, 0.5) is 9.59 Å². The van der Waals surface area contributed by atoms with E-state index >= 15 is 0 Å². The van der Waals surface area contributed by atoms with Crippen LogP contribution in [0.3, 0.4) is 0 Å². The minimum absolute atomic E-state index is 0. The van der Waals surface area contributed by atoms with E-state index in [1.165, 1.54) is 22.2 Å². The van der Waals surface area contributed by atoms with Crippen LogP contribution in [-0.4, -0.2) is 133 Å². The van der Waals surface area contributed by atoms with E-state index in [0.717, 1.165) is 101 Å². The van der Waals surface area contributed by atoms with Crippen LogP contribution >= 0.6 is 0 Å². The minimum Gasteiger partial charge on any atom is -0.448 e. The summed E-state index contributed by atoms with van der Waals surface area (Å²) in [5.41, 5.74) is 11.8. The Balaban J connectivity index is 0.000000187. The van der Waals surface area contributed by atoms with Crippen molar-refractivity contribution in [2.75, 3.05) is 40.5 Å². The van der Waals surface area contributed by atoms with Crippen molar-refractivity contribution in [1.29, 1.82) is 0 Å². The van der Waals surface area contributed by atoms with Gasteiger partial charge in [-0.2, -0.15) is 0 Å². The zero-order chi connectivity index (χ0) is 67.3. The fourth-order valence-electron chi connectivity index (χ4n) is 15.0. The van der Waals surface area contributed by atoms with Gasteiger partial charge in [-0.15, -0.1) is 0 Å². The Morgan fingerprint density at radius 2 is 1.03 bits per heavy atom. The SMILES string of the molecule is C.C=C1C[C@@H](C(=O)C[C@@H](CCC)C(OC)C(=O)CC2CC2)N(C(=O)OCC2c3ccccc3-c3ccccc32)C1.CCC[C@H](CC(=O)[C@@H]1C[C@]2(CC(c3ccccc3)=NO2)CN1C(=O)OCC1c2ccccc2-c2ccccc21)C(OC)C(=O)CC1CC1.O/N=C\c1ccccc1. The van der Waals surface area contributed by atoms with Crippen molar-refractivity contribution in [3.8, 4) is 22.3 Å². The Morgan fingerprint density at radius 1 is 0.608 bits per heavy atom. The van der Waals surface area contributed by atoms with Crippen molar-refractivity contribution in [2.45, 2.75) is 159 Å². The number of methoxy groups -OCH3 is 2. The molecule has 13 rings (SSSR count). The van der Waals surface area contributed by atoms with E-state index in [9.17, 15) is 28.8 Å². The molecule has 0 radical (unpaired) electrons. The Labute approximate surface area is 571 Å². The second kappa shape index (κ2) is 32.9. The molecule has 3 heterocycles. The van der Waals surface area contributed by atoms with Gasteiger partial charge in [0.15, 0.2) is 28.7 Å². The van der Waals surface area contributed by atoms with E-state index in [2.05, 4.69) is 79.3 Å². The number of fused-ring (bicyclic) bond motifs is 6. The molecule has 4 aliphatic carbocycles. The number of carbonyl (C=O) groups excluding carboxylic acids is 6. The smallest absolute Gasteiger partial charge is 0.410 e. The first kappa shape index (κ1) is 70.9. The van der Waals surface area contributed by atoms with Gasteiger partial charge in [0.05, 0.1) is 30.6 Å². The maximum absolute atomic E-state index is 14.3. The highest BCUT2D eigenvalue weighted by Crippen LogP contribution is 2.47. The maximum atomic E-state index is 14.3.